The van der Waals surface area contributed by atoms with Crippen LogP contribution in [0.1, 0.15) is 26.0 Å². The summed E-state index contributed by atoms with van der Waals surface area (Å²) in [5.74, 6) is 0. The van der Waals surface area contributed by atoms with Gasteiger partial charge in [-0.2, -0.15) is 0 Å². The molecule has 0 spiro atoms. The third kappa shape index (κ3) is 2.84. The van der Waals surface area contributed by atoms with Gasteiger partial charge in [0.05, 0.1) is 6.33 Å². The average molecular weight is 181 g/mol. The molecule has 74 valence electrons. The van der Waals surface area contributed by atoms with Crippen molar-refractivity contribution in [2.45, 2.75) is 39.3 Å². The van der Waals surface area contributed by atoms with Crippen LogP contribution in [0.3, 0.4) is 0 Å². The molecule has 1 atom stereocenters. The van der Waals surface area contributed by atoms with Gasteiger partial charge in [0.2, 0.25) is 0 Å². The number of imidazole rings is 1. The molecule has 3 nitrogen and oxygen atoms in total. The molecular formula is C10H19N3. The van der Waals surface area contributed by atoms with Crippen molar-refractivity contribution >= 4 is 0 Å². The molecule has 1 N–H and O–H groups in total. The number of aryl methyl sites for hydroxylation is 2. The molecule has 0 aromatic carbocycles. The topological polar surface area (TPSA) is 29.9 Å². The van der Waals surface area contributed by atoms with E-state index < -0.39 is 0 Å². The first-order chi connectivity index (χ1) is 6.27. The van der Waals surface area contributed by atoms with Crippen molar-refractivity contribution in [3.05, 3.63) is 18.2 Å². The maximum atomic E-state index is 4.14. The van der Waals surface area contributed by atoms with Crippen LogP contribution in [0.15, 0.2) is 12.5 Å². The lowest BCUT2D eigenvalue weighted by Crippen LogP contribution is -2.22. The van der Waals surface area contributed by atoms with Crippen molar-refractivity contribution < 1.29 is 0 Å². The van der Waals surface area contributed by atoms with E-state index in [0.29, 0.717) is 6.04 Å². The predicted molar refractivity (Wildman–Crippen MR) is 54.7 cm³/mol. The van der Waals surface area contributed by atoms with Gasteiger partial charge in [0, 0.05) is 24.5 Å². The summed E-state index contributed by atoms with van der Waals surface area (Å²) in [6, 6.07) is 0.584. The van der Waals surface area contributed by atoms with Crippen molar-refractivity contribution in [1.29, 1.82) is 0 Å². The van der Waals surface area contributed by atoms with Gasteiger partial charge in [-0.15, -0.1) is 0 Å². The maximum absolute atomic E-state index is 4.14. The number of nitrogens with one attached hydrogen (secondary N) is 1. The molecule has 0 saturated heterocycles. The first kappa shape index (κ1) is 10.3. The Balaban J connectivity index is 2.44. The number of rotatable bonds is 5. The van der Waals surface area contributed by atoms with Crippen molar-refractivity contribution in [1.82, 2.24) is 14.9 Å². The van der Waals surface area contributed by atoms with E-state index in [1.165, 1.54) is 12.1 Å². The van der Waals surface area contributed by atoms with Gasteiger partial charge < -0.3 is 9.88 Å². The van der Waals surface area contributed by atoms with E-state index in [9.17, 15) is 0 Å². The van der Waals surface area contributed by atoms with Crippen LogP contribution in [0.2, 0.25) is 0 Å². The van der Waals surface area contributed by atoms with Crippen LogP contribution in [0.4, 0.5) is 0 Å². The lowest BCUT2D eigenvalue weighted by Gasteiger charge is -2.10. The first-order valence-electron chi connectivity index (χ1n) is 4.94. The number of hydrogen-bond donors (Lipinski definition) is 1. The molecule has 1 aromatic rings. The molecule has 13 heavy (non-hydrogen) atoms. The molecular weight excluding hydrogens is 162 g/mol. The van der Waals surface area contributed by atoms with Crippen LogP contribution in [0.25, 0.3) is 0 Å². The second-order valence-corrected chi connectivity index (χ2v) is 3.40. The zero-order chi connectivity index (χ0) is 9.68. The molecule has 0 radical (unpaired) electrons. The van der Waals surface area contributed by atoms with Gasteiger partial charge in [0.15, 0.2) is 0 Å². The third-order valence-electron chi connectivity index (χ3n) is 2.47. The van der Waals surface area contributed by atoms with Gasteiger partial charge in [-0.25, -0.2) is 4.98 Å². The summed E-state index contributed by atoms with van der Waals surface area (Å²) < 4.78 is 2.20. The van der Waals surface area contributed by atoms with E-state index in [1.54, 1.807) is 0 Å². The summed E-state index contributed by atoms with van der Waals surface area (Å²) in [5.41, 5.74) is 1.34. The zero-order valence-electron chi connectivity index (χ0n) is 8.75. The SMILES string of the molecule is CCn1cncc1CCC(C)NC. The van der Waals surface area contributed by atoms with E-state index in [1.807, 2.05) is 19.6 Å². The van der Waals surface area contributed by atoms with Crippen LogP contribution in [0, 0.1) is 0 Å². The molecule has 0 fully saturated rings. The van der Waals surface area contributed by atoms with E-state index in [-0.39, 0.29) is 0 Å². The molecule has 0 amide bonds. The minimum atomic E-state index is 0.584. The fourth-order valence-corrected chi connectivity index (χ4v) is 1.35. The molecule has 0 bridgehead atoms. The second kappa shape index (κ2) is 5.02. The van der Waals surface area contributed by atoms with Crippen LogP contribution in [-0.2, 0) is 13.0 Å². The van der Waals surface area contributed by atoms with Crippen LogP contribution in [-0.4, -0.2) is 22.6 Å². The van der Waals surface area contributed by atoms with Crippen molar-refractivity contribution in [3.63, 3.8) is 0 Å². The smallest absolute Gasteiger partial charge is 0.0948 e. The standard InChI is InChI=1S/C10H19N3/c1-4-13-8-12-7-10(13)6-5-9(2)11-3/h7-9,11H,4-6H2,1-3H3. The van der Waals surface area contributed by atoms with Gasteiger partial charge in [-0.05, 0) is 33.7 Å². The van der Waals surface area contributed by atoms with E-state index in [4.69, 9.17) is 0 Å². The largest absolute Gasteiger partial charge is 0.335 e. The Morgan fingerprint density at radius 2 is 2.38 bits per heavy atom. The lowest BCUT2D eigenvalue weighted by atomic mass is 10.1. The summed E-state index contributed by atoms with van der Waals surface area (Å²) in [7, 11) is 2.00. The molecule has 0 saturated carbocycles. The van der Waals surface area contributed by atoms with Crippen LogP contribution in [0.5, 0.6) is 0 Å². The third-order valence-corrected chi connectivity index (χ3v) is 2.47. The highest BCUT2D eigenvalue weighted by atomic mass is 15.0. The van der Waals surface area contributed by atoms with E-state index in [0.717, 1.165) is 13.0 Å². The molecule has 0 aliphatic rings. The maximum Gasteiger partial charge on any atom is 0.0948 e. The molecule has 1 heterocycles. The van der Waals surface area contributed by atoms with Crippen molar-refractivity contribution in [2.75, 3.05) is 7.05 Å². The minimum Gasteiger partial charge on any atom is -0.335 e. The second-order valence-electron chi connectivity index (χ2n) is 3.40. The van der Waals surface area contributed by atoms with Crippen molar-refractivity contribution in [2.24, 2.45) is 0 Å². The van der Waals surface area contributed by atoms with E-state index in [2.05, 4.69) is 28.7 Å². The predicted octanol–water partition coefficient (Wildman–Crippen LogP) is 1.44. The Morgan fingerprint density at radius 1 is 1.62 bits per heavy atom. The molecule has 0 aliphatic carbocycles. The minimum absolute atomic E-state index is 0.584. The van der Waals surface area contributed by atoms with Crippen LogP contribution < -0.4 is 5.32 Å². The summed E-state index contributed by atoms with van der Waals surface area (Å²) >= 11 is 0. The van der Waals surface area contributed by atoms with Gasteiger partial charge in [0.1, 0.15) is 0 Å². The normalized spacial score (nSPS) is 13.2. The van der Waals surface area contributed by atoms with Gasteiger partial charge in [-0.3, -0.25) is 0 Å². The molecule has 3 heteroatoms. The number of nitrogens with zero attached hydrogens (tertiary/aromatic N) is 2. The van der Waals surface area contributed by atoms with E-state index >= 15 is 0 Å². The Bertz CT molecular complexity index is 242. The monoisotopic (exact) mass is 181 g/mol. The summed E-state index contributed by atoms with van der Waals surface area (Å²) in [6.07, 6.45) is 6.14. The molecule has 0 aliphatic heterocycles. The summed E-state index contributed by atoms with van der Waals surface area (Å²) in [4.78, 5) is 4.14. The molecule has 1 rings (SSSR count). The Hall–Kier alpha value is -0.830. The average Bonchev–Trinajstić information content (AvgIpc) is 2.61. The Morgan fingerprint density at radius 3 is 3.00 bits per heavy atom. The number of aromatic nitrogens is 2. The molecule has 1 unspecified atom stereocenters. The summed E-state index contributed by atoms with van der Waals surface area (Å²) in [5, 5.41) is 3.24. The van der Waals surface area contributed by atoms with Crippen LogP contribution >= 0.6 is 0 Å². The highest BCUT2D eigenvalue weighted by Crippen LogP contribution is 2.04. The highest BCUT2D eigenvalue weighted by Gasteiger charge is 2.02. The highest BCUT2D eigenvalue weighted by molar-refractivity contribution is 4.98. The fraction of sp³-hybridized carbons (Fsp3) is 0.700. The van der Waals surface area contributed by atoms with Gasteiger partial charge in [0.25, 0.3) is 0 Å². The summed E-state index contributed by atoms with van der Waals surface area (Å²) in [6.45, 7) is 5.36. The fourth-order valence-electron chi connectivity index (χ4n) is 1.35. The number of hydrogen-bond acceptors (Lipinski definition) is 2. The quantitative estimate of drug-likeness (QED) is 0.745. The molecule has 1 aromatic heterocycles. The first-order valence-corrected chi connectivity index (χ1v) is 4.94. The van der Waals surface area contributed by atoms with Crippen molar-refractivity contribution in [3.8, 4) is 0 Å². The van der Waals surface area contributed by atoms with Gasteiger partial charge >= 0.3 is 0 Å². The Kier molecular flexibility index (Phi) is 3.96. The zero-order valence-corrected chi connectivity index (χ0v) is 8.75. The lowest BCUT2D eigenvalue weighted by molar-refractivity contribution is 0.551. The van der Waals surface area contributed by atoms with Gasteiger partial charge in [-0.1, -0.05) is 0 Å². The Labute approximate surface area is 80.2 Å².